The van der Waals surface area contributed by atoms with Crippen molar-refractivity contribution in [1.29, 1.82) is 0 Å². The molecule has 2 saturated heterocycles. The molecule has 2 heterocycles. The summed E-state index contributed by atoms with van der Waals surface area (Å²) in [4.78, 5) is 151. The first-order valence-electron chi connectivity index (χ1n) is 27.0. The fourth-order valence-corrected chi connectivity index (χ4v) is 9.64. The van der Waals surface area contributed by atoms with E-state index in [4.69, 9.17) is 4.74 Å². The molecule has 0 radical (unpaired) electrons. The Morgan fingerprint density at radius 3 is 1.79 bits per heavy atom. The van der Waals surface area contributed by atoms with Crippen LogP contribution >= 0.6 is 0 Å². The van der Waals surface area contributed by atoms with Crippen molar-refractivity contribution in [3.8, 4) is 0 Å². The van der Waals surface area contributed by atoms with E-state index < -0.39 is 144 Å². The number of ether oxygens (including phenoxy) is 1. The number of likely N-dealkylation sites (N-methyl/N-ethyl adjacent to an activating group) is 5. The molecule has 0 bridgehead atoms. The average molecular weight is 1070 g/mol. The van der Waals surface area contributed by atoms with Gasteiger partial charge in [-0.2, -0.15) is 0 Å². The second-order valence-electron chi connectivity index (χ2n) is 23.0. The lowest BCUT2D eigenvalue weighted by molar-refractivity contribution is -0.152. The zero-order valence-corrected chi connectivity index (χ0v) is 48.1. The summed E-state index contributed by atoms with van der Waals surface area (Å²) >= 11 is 0. The zero-order valence-electron chi connectivity index (χ0n) is 48.1. The summed E-state index contributed by atoms with van der Waals surface area (Å²) in [5.74, 6) is -9.12. The molecule has 1 aromatic carbocycles. The van der Waals surface area contributed by atoms with Gasteiger partial charge < -0.3 is 49.9 Å². The van der Waals surface area contributed by atoms with Crippen LogP contribution in [0, 0.1) is 23.7 Å². The number of ketones is 2. The first-order chi connectivity index (χ1) is 35.4. The summed E-state index contributed by atoms with van der Waals surface area (Å²) in [5, 5.41) is 16.5. The standard InChI is InChI=1S/C56H90N8O12/c1-34(2)26-43-47(67)31-41(38(7)65)54(74)59(11)32-49(69)61(13)44(27-35(3)4)50(70)58-42(33-76-56(8,9)10)46(66)29-40(53(73)64-24-20-17-21-25-64)30-48(68)57-36(5)51(71)60(12)37(6)52(72)63(15)45(55(75)62(43)14)28-39-22-18-16-19-23-39/h16,18-19,22-23,34-38,40-45,65H,17,20-21,24-33H2,1-15H3,(H,57,68)(H,58,70)/t36-,37-,38+,40-,41-,42-,43-,44-,45-/m0/s1. The van der Waals surface area contributed by atoms with E-state index in [2.05, 4.69) is 10.6 Å². The maximum Gasteiger partial charge on any atom is 0.246 e. The van der Waals surface area contributed by atoms with E-state index >= 15 is 0 Å². The molecule has 0 saturated carbocycles. The van der Waals surface area contributed by atoms with Crippen LogP contribution < -0.4 is 10.6 Å². The second-order valence-corrected chi connectivity index (χ2v) is 23.0. The van der Waals surface area contributed by atoms with Gasteiger partial charge in [0, 0.05) is 74.0 Å². The van der Waals surface area contributed by atoms with Crippen molar-refractivity contribution >= 4 is 58.8 Å². The molecule has 9 atom stereocenters. The van der Waals surface area contributed by atoms with Crippen molar-refractivity contribution in [2.75, 3.05) is 61.5 Å². The van der Waals surface area contributed by atoms with Gasteiger partial charge >= 0.3 is 0 Å². The summed E-state index contributed by atoms with van der Waals surface area (Å²) in [6.07, 6.45) is -0.180. The topological polar surface area (TPSA) is 244 Å². The molecule has 8 amide bonds. The van der Waals surface area contributed by atoms with Crippen molar-refractivity contribution in [1.82, 2.24) is 40.0 Å². The molecule has 1 aromatic rings. The van der Waals surface area contributed by atoms with Crippen molar-refractivity contribution in [2.45, 2.75) is 175 Å². The molecule has 20 nitrogen and oxygen atoms in total. The molecule has 0 aromatic heterocycles. The van der Waals surface area contributed by atoms with Gasteiger partial charge in [0.2, 0.25) is 47.3 Å². The van der Waals surface area contributed by atoms with Crippen molar-refractivity contribution in [2.24, 2.45) is 23.7 Å². The van der Waals surface area contributed by atoms with Gasteiger partial charge in [-0.05, 0) is 91.0 Å². The number of piperidine rings is 1. The van der Waals surface area contributed by atoms with E-state index in [1.165, 1.54) is 70.7 Å². The number of rotatable bonds is 10. The molecule has 20 heteroatoms. The number of hydrogen-bond donors (Lipinski definition) is 3. The monoisotopic (exact) mass is 1070 g/mol. The number of hydrogen-bond acceptors (Lipinski definition) is 12. The molecular formula is C56H90N8O12. The fourth-order valence-electron chi connectivity index (χ4n) is 9.64. The third kappa shape index (κ3) is 18.8. The van der Waals surface area contributed by atoms with Crippen LogP contribution in [0.2, 0.25) is 0 Å². The van der Waals surface area contributed by atoms with Crippen LogP contribution in [0.3, 0.4) is 0 Å². The zero-order chi connectivity index (χ0) is 57.5. The van der Waals surface area contributed by atoms with Crippen LogP contribution in [0.4, 0.5) is 0 Å². The largest absolute Gasteiger partial charge is 0.393 e. The molecule has 76 heavy (non-hydrogen) atoms. The van der Waals surface area contributed by atoms with Gasteiger partial charge in [-0.3, -0.25) is 47.9 Å². The van der Waals surface area contributed by atoms with Crippen LogP contribution in [-0.2, 0) is 59.1 Å². The minimum Gasteiger partial charge on any atom is -0.393 e. The van der Waals surface area contributed by atoms with Crippen LogP contribution in [0.25, 0.3) is 0 Å². The van der Waals surface area contributed by atoms with Crippen LogP contribution in [0.1, 0.15) is 126 Å². The molecule has 3 rings (SSSR count). The molecule has 2 aliphatic rings. The number of aliphatic hydroxyl groups excluding tert-OH is 1. The van der Waals surface area contributed by atoms with Crippen LogP contribution in [0.5, 0.6) is 0 Å². The van der Waals surface area contributed by atoms with E-state index in [9.17, 15) is 53.1 Å². The predicted octanol–water partition coefficient (Wildman–Crippen LogP) is 2.86. The normalized spacial score (nSPS) is 26.5. The SMILES string of the molecule is CC(C)C[C@H]1C(=O)N[C@@H](COC(C)(C)C)C(=O)C[C@H](C(=O)N2CCCCC2)CC(=O)N[C@@H](C)C(=O)N(C)[C@@H](C)C(=O)N(C)[C@@H](Cc2ccccc2)C(=O)N(C)[C@@H](CC(C)C)C(=O)C[C@@H]([C@@H](C)O)C(=O)N(C)CC(=O)N1C. The number of nitrogens with one attached hydrogen (secondary N) is 2. The Kier molecular flexibility index (Phi) is 24.7. The number of nitrogens with zero attached hydrogens (tertiary/aromatic N) is 6. The molecule has 0 unspecified atom stereocenters. The van der Waals surface area contributed by atoms with E-state index in [0.29, 0.717) is 18.7 Å². The number of likely N-dealkylation sites (tertiary alicyclic amines) is 1. The van der Waals surface area contributed by atoms with Gasteiger partial charge in [0.25, 0.3) is 0 Å². The molecule has 0 aliphatic carbocycles. The van der Waals surface area contributed by atoms with Crippen molar-refractivity contribution in [3.05, 3.63) is 35.9 Å². The fraction of sp³-hybridized carbons (Fsp3) is 0.714. The third-order valence-electron chi connectivity index (χ3n) is 14.5. The van der Waals surface area contributed by atoms with Gasteiger partial charge in [0.1, 0.15) is 30.2 Å². The van der Waals surface area contributed by atoms with Crippen LogP contribution in [0.15, 0.2) is 30.3 Å². The summed E-state index contributed by atoms with van der Waals surface area (Å²) in [5.41, 5.74) is -0.0783. The van der Waals surface area contributed by atoms with E-state index in [1.54, 1.807) is 56.0 Å². The van der Waals surface area contributed by atoms with E-state index in [-0.39, 0.29) is 37.7 Å². The number of Topliss-reactive ketones (excluding diaryl/α,β-unsaturated/α-hetero) is 2. The molecule has 0 spiro atoms. The first-order valence-corrected chi connectivity index (χ1v) is 27.0. The summed E-state index contributed by atoms with van der Waals surface area (Å²) in [6, 6.07) is 1.75. The Labute approximate surface area is 451 Å². The highest BCUT2D eigenvalue weighted by atomic mass is 16.5. The molecule has 426 valence electrons. The van der Waals surface area contributed by atoms with Gasteiger partial charge in [-0.25, -0.2) is 0 Å². The molecular weight excluding hydrogens is 977 g/mol. The molecule has 2 aliphatic heterocycles. The smallest absolute Gasteiger partial charge is 0.246 e. The minimum absolute atomic E-state index is 0.0254. The summed E-state index contributed by atoms with van der Waals surface area (Å²) < 4.78 is 6.04. The van der Waals surface area contributed by atoms with E-state index in [1.807, 2.05) is 27.7 Å². The third-order valence-corrected chi connectivity index (χ3v) is 14.5. The maximum absolute atomic E-state index is 14.9. The van der Waals surface area contributed by atoms with Crippen molar-refractivity contribution < 1.29 is 57.8 Å². The van der Waals surface area contributed by atoms with E-state index in [0.717, 1.165) is 29.1 Å². The number of aliphatic hydroxyl groups is 1. The Hall–Kier alpha value is -5.76. The summed E-state index contributed by atoms with van der Waals surface area (Å²) in [6.45, 7) is 17.0. The average Bonchev–Trinajstić information content (AvgIpc) is 3.36. The van der Waals surface area contributed by atoms with Gasteiger partial charge in [-0.1, -0.05) is 58.0 Å². The Morgan fingerprint density at radius 2 is 1.24 bits per heavy atom. The minimum atomic E-state index is -1.38. The predicted molar refractivity (Wildman–Crippen MR) is 287 cm³/mol. The Morgan fingerprint density at radius 1 is 0.671 bits per heavy atom. The van der Waals surface area contributed by atoms with Crippen LogP contribution in [-0.4, -0.2) is 203 Å². The summed E-state index contributed by atoms with van der Waals surface area (Å²) in [7, 11) is 7.04. The lowest BCUT2D eigenvalue weighted by atomic mass is 9.89. The lowest BCUT2D eigenvalue weighted by Crippen LogP contribution is -2.58. The number of amides is 8. The van der Waals surface area contributed by atoms with Crippen molar-refractivity contribution in [3.63, 3.8) is 0 Å². The highest BCUT2D eigenvalue weighted by Crippen LogP contribution is 2.25. The van der Waals surface area contributed by atoms with Gasteiger partial charge in [0.05, 0.1) is 42.7 Å². The number of carbonyl (C=O) groups excluding carboxylic acids is 10. The maximum atomic E-state index is 14.9. The first kappa shape index (κ1) is 64.5. The lowest BCUT2D eigenvalue weighted by Gasteiger charge is -2.38. The molecule has 3 N–H and O–H groups in total. The number of carbonyl (C=O) groups is 10. The van der Waals surface area contributed by atoms with Gasteiger partial charge in [0.15, 0.2) is 11.6 Å². The Balaban J connectivity index is 2.22. The van der Waals surface area contributed by atoms with Gasteiger partial charge in [-0.15, -0.1) is 0 Å². The number of benzene rings is 1. The Bertz CT molecular complexity index is 2190. The highest BCUT2D eigenvalue weighted by Gasteiger charge is 2.42. The quantitative estimate of drug-likeness (QED) is 0.307. The second kappa shape index (κ2) is 29.1. The highest BCUT2D eigenvalue weighted by molar-refractivity contribution is 5.99. The molecule has 2 fully saturated rings.